The summed E-state index contributed by atoms with van der Waals surface area (Å²) in [5.41, 5.74) is -0.570. The molecule has 0 saturated carbocycles. The van der Waals surface area contributed by atoms with E-state index >= 15 is 0 Å². The molecule has 8 heteroatoms. The van der Waals surface area contributed by atoms with Crippen LogP contribution in [-0.4, -0.2) is 50.5 Å². The second-order valence-corrected chi connectivity index (χ2v) is 5.32. The highest BCUT2D eigenvalue weighted by Crippen LogP contribution is 2.22. The van der Waals surface area contributed by atoms with E-state index in [-0.39, 0.29) is 5.91 Å². The Bertz CT molecular complexity index is 465. The Labute approximate surface area is 110 Å². The lowest BCUT2D eigenvalue weighted by atomic mass is 10.0. The summed E-state index contributed by atoms with van der Waals surface area (Å²) < 4.78 is 5.23. The molecule has 1 aliphatic heterocycles. The van der Waals surface area contributed by atoms with Crippen LogP contribution in [0.2, 0.25) is 0 Å². The van der Waals surface area contributed by atoms with E-state index in [9.17, 15) is 9.59 Å². The van der Waals surface area contributed by atoms with E-state index in [1.165, 1.54) is 11.1 Å². The molecular weight excluding hydrogens is 250 g/mol. The maximum absolute atomic E-state index is 11.9. The summed E-state index contributed by atoms with van der Waals surface area (Å²) in [7, 11) is 0. The van der Waals surface area contributed by atoms with E-state index in [2.05, 4.69) is 20.7 Å². The highest BCUT2D eigenvalue weighted by atomic mass is 16.6. The van der Waals surface area contributed by atoms with Crippen molar-refractivity contribution in [1.82, 2.24) is 20.3 Å². The van der Waals surface area contributed by atoms with Gasteiger partial charge in [0.05, 0.1) is 6.20 Å². The average molecular weight is 267 g/mol. The van der Waals surface area contributed by atoms with E-state index in [0.29, 0.717) is 18.8 Å². The number of nitrogens with zero attached hydrogens (tertiary/aromatic N) is 3. The Kier molecular flexibility index (Phi) is 3.41. The average Bonchev–Trinajstić information content (AvgIpc) is 2.64. The van der Waals surface area contributed by atoms with Gasteiger partial charge in [-0.15, -0.1) is 5.10 Å². The number of aromatic amines is 1. The molecule has 2 amide bonds. The minimum atomic E-state index is -0.570. The monoisotopic (exact) mass is 267 g/mol. The van der Waals surface area contributed by atoms with Crippen LogP contribution < -0.4 is 5.32 Å². The number of ether oxygens (including phenoxy) is 1. The molecule has 0 aliphatic carbocycles. The molecule has 1 atom stereocenters. The number of rotatable bonds is 2. The van der Waals surface area contributed by atoms with Crippen molar-refractivity contribution in [1.29, 1.82) is 0 Å². The molecule has 19 heavy (non-hydrogen) atoms. The standard InChI is InChI=1S/C11H17N5O3/c1-11(2,3)19-10(18)16-5-4-7(16)9(17)13-8-6-12-15-14-8/h6-7H,4-5H2,1-3H3,(H2,12,13,14,15,17)/t7-/m1/s1. The van der Waals surface area contributed by atoms with Crippen molar-refractivity contribution >= 4 is 17.8 Å². The number of nitrogens with one attached hydrogen (secondary N) is 2. The van der Waals surface area contributed by atoms with Gasteiger partial charge in [-0.25, -0.2) is 4.79 Å². The Morgan fingerprint density at radius 1 is 1.53 bits per heavy atom. The van der Waals surface area contributed by atoms with E-state index in [1.54, 1.807) is 20.8 Å². The summed E-state index contributed by atoms with van der Waals surface area (Å²) in [6, 6.07) is -0.508. The maximum Gasteiger partial charge on any atom is 0.410 e. The van der Waals surface area contributed by atoms with Gasteiger partial charge in [0.25, 0.3) is 0 Å². The van der Waals surface area contributed by atoms with Crippen LogP contribution >= 0.6 is 0 Å². The number of H-pyrrole nitrogens is 1. The zero-order valence-electron chi connectivity index (χ0n) is 11.1. The molecule has 104 valence electrons. The van der Waals surface area contributed by atoms with E-state index in [0.717, 1.165) is 0 Å². The Balaban J connectivity index is 1.91. The van der Waals surface area contributed by atoms with Crippen LogP contribution in [0.1, 0.15) is 27.2 Å². The molecular formula is C11H17N5O3. The molecule has 0 aromatic carbocycles. The number of hydrogen-bond donors (Lipinski definition) is 2. The van der Waals surface area contributed by atoms with Crippen molar-refractivity contribution in [2.75, 3.05) is 11.9 Å². The molecule has 1 saturated heterocycles. The largest absolute Gasteiger partial charge is 0.444 e. The third-order valence-corrected chi connectivity index (χ3v) is 2.62. The second kappa shape index (κ2) is 4.87. The number of hydrogen-bond acceptors (Lipinski definition) is 5. The van der Waals surface area contributed by atoms with Crippen LogP contribution in [-0.2, 0) is 9.53 Å². The van der Waals surface area contributed by atoms with E-state index in [1.807, 2.05) is 0 Å². The van der Waals surface area contributed by atoms with Crippen molar-refractivity contribution in [3.63, 3.8) is 0 Å². The number of anilines is 1. The van der Waals surface area contributed by atoms with E-state index < -0.39 is 17.7 Å². The molecule has 0 unspecified atom stereocenters. The molecule has 2 N–H and O–H groups in total. The normalized spacial score (nSPS) is 18.7. The van der Waals surface area contributed by atoms with Gasteiger partial charge in [0, 0.05) is 6.54 Å². The topological polar surface area (TPSA) is 100 Å². The van der Waals surface area contributed by atoms with Crippen LogP contribution in [0.4, 0.5) is 10.6 Å². The van der Waals surface area contributed by atoms with Gasteiger partial charge in [0.2, 0.25) is 5.91 Å². The summed E-state index contributed by atoms with van der Waals surface area (Å²) in [5, 5.41) is 12.3. The van der Waals surface area contributed by atoms with Crippen LogP contribution in [0.25, 0.3) is 0 Å². The highest BCUT2D eigenvalue weighted by molar-refractivity contribution is 5.96. The minimum Gasteiger partial charge on any atom is -0.444 e. The molecule has 0 spiro atoms. The summed E-state index contributed by atoms with van der Waals surface area (Å²) in [6.45, 7) is 5.88. The fourth-order valence-corrected chi connectivity index (χ4v) is 1.67. The summed E-state index contributed by atoms with van der Waals surface area (Å²) in [5.74, 6) is 0.0482. The Hall–Kier alpha value is -2.12. The van der Waals surface area contributed by atoms with Gasteiger partial charge in [-0.05, 0) is 27.2 Å². The second-order valence-electron chi connectivity index (χ2n) is 5.32. The fourth-order valence-electron chi connectivity index (χ4n) is 1.67. The summed E-state index contributed by atoms with van der Waals surface area (Å²) >= 11 is 0. The zero-order chi connectivity index (χ0) is 14.0. The van der Waals surface area contributed by atoms with Gasteiger partial charge >= 0.3 is 6.09 Å². The van der Waals surface area contributed by atoms with Gasteiger partial charge in [0.15, 0.2) is 5.82 Å². The molecule has 1 aromatic heterocycles. The van der Waals surface area contributed by atoms with Crippen LogP contribution in [0.5, 0.6) is 0 Å². The van der Waals surface area contributed by atoms with Crippen LogP contribution in [0.3, 0.4) is 0 Å². The van der Waals surface area contributed by atoms with Crippen molar-refractivity contribution < 1.29 is 14.3 Å². The number of aromatic nitrogens is 3. The third kappa shape index (κ3) is 3.21. The lowest BCUT2D eigenvalue weighted by Gasteiger charge is -2.39. The molecule has 2 heterocycles. The van der Waals surface area contributed by atoms with Gasteiger partial charge in [-0.2, -0.15) is 10.3 Å². The summed E-state index contributed by atoms with van der Waals surface area (Å²) in [4.78, 5) is 25.2. The SMILES string of the molecule is CC(C)(C)OC(=O)N1CC[C@@H]1C(=O)Nc1cn[nH]n1. The first-order valence-electron chi connectivity index (χ1n) is 6.03. The van der Waals surface area contributed by atoms with Gasteiger partial charge in [-0.1, -0.05) is 0 Å². The first kappa shape index (κ1) is 13.3. The van der Waals surface area contributed by atoms with Crippen LogP contribution in [0.15, 0.2) is 6.20 Å². The first-order chi connectivity index (χ1) is 8.87. The maximum atomic E-state index is 11.9. The summed E-state index contributed by atoms with van der Waals surface area (Å²) in [6.07, 6.45) is 1.54. The van der Waals surface area contributed by atoms with E-state index in [4.69, 9.17) is 4.74 Å². The molecule has 0 bridgehead atoms. The first-order valence-corrected chi connectivity index (χ1v) is 6.03. The quantitative estimate of drug-likeness (QED) is 0.823. The number of carbonyl (C=O) groups excluding carboxylic acids is 2. The highest BCUT2D eigenvalue weighted by Gasteiger charge is 2.40. The molecule has 8 nitrogen and oxygen atoms in total. The van der Waals surface area contributed by atoms with Crippen LogP contribution in [0, 0.1) is 0 Å². The fraction of sp³-hybridized carbons (Fsp3) is 0.636. The lowest BCUT2D eigenvalue weighted by Crippen LogP contribution is -2.57. The van der Waals surface area contributed by atoms with Crippen molar-refractivity contribution in [2.24, 2.45) is 0 Å². The zero-order valence-corrected chi connectivity index (χ0v) is 11.1. The molecule has 1 fully saturated rings. The smallest absolute Gasteiger partial charge is 0.410 e. The predicted molar refractivity (Wildman–Crippen MR) is 66.4 cm³/mol. The third-order valence-electron chi connectivity index (χ3n) is 2.62. The molecule has 0 radical (unpaired) electrons. The minimum absolute atomic E-state index is 0.286. The van der Waals surface area contributed by atoms with Crippen molar-refractivity contribution in [3.8, 4) is 0 Å². The van der Waals surface area contributed by atoms with Crippen molar-refractivity contribution in [2.45, 2.75) is 38.8 Å². The van der Waals surface area contributed by atoms with Gasteiger partial charge in [-0.3, -0.25) is 9.69 Å². The van der Waals surface area contributed by atoms with Crippen molar-refractivity contribution in [3.05, 3.63) is 6.20 Å². The number of carbonyl (C=O) groups is 2. The number of amides is 2. The Morgan fingerprint density at radius 3 is 2.74 bits per heavy atom. The van der Waals surface area contributed by atoms with Gasteiger partial charge in [0.1, 0.15) is 11.6 Å². The number of likely N-dealkylation sites (tertiary alicyclic amines) is 1. The Morgan fingerprint density at radius 2 is 2.26 bits per heavy atom. The molecule has 2 rings (SSSR count). The lowest BCUT2D eigenvalue weighted by molar-refractivity contribution is -0.125. The predicted octanol–water partition coefficient (Wildman–Crippen LogP) is 0.753. The van der Waals surface area contributed by atoms with Gasteiger partial charge < -0.3 is 10.1 Å². The molecule has 1 aliphatic rings. The molecule has 1 aromatic rings.